The molecule has 2 aliphatic rings. The molecule has 0 unspecified atom stereocenters. The van der Waals surface area contributed by atoms with Crippen LogP contribution in [0.4, 0.5) is 9.59 Å². The highest BCUT2D eigenvalue weighted by molar-refractivity contribution is 5.72. The number of methoxy groups -OCH3 is 1. The number of carbonyl (C=O) groups excluding carboxylic acids is 3. The third kappa shape index (κ3) is 15.7. The summed E-state index contributed by atoms with van der Waals surface area (Å²) in [5.41, 5.74) is 4.44. The van der Waals surface area contributed by atoms with E-state index >= 15 is 0 Å². The maximum atomic E-state index is 12.7. The topological polar surface area (TPSA) is 193 Å². The Kier molecular flexibility index (Phi) is 18.1. The number of carboxylic acids is 1. The summed E-state index contributed by atoms with van der Waals surface area (Å²) in [6, 6.07) is 35.1. The minimum absolute atomic E-state index is 0.00939. The number of ether oxygens (including phenoxy) is 5. The van der Waals surface area contributed by atoms with E-state index in [-0.39, 0.29) is 48.6 Å². The number of aromatic nitrogens is 2. The molecule has 0 bridgehead atoms. The number of aliphatic carboxylic acids is 1. The molecule has 8 rings (SSSR count). The summed E-state index contributed by atoms with van der Waals surface area (Å²) in [4.78, 5) is 61.3. The fourth-order valence-electron chi connectivity index (χ4n) is 9.27. The molecule has 1 N–H and O–H groups in total. The van der Waals surface area contributed by atoms with Crippen molar-refractivity contribution in [1.29, 1.82) is 0 Å². The van der Waals surface area contributed by atoms with Gasteiger partial charge in [0.25, 0.3) is 0 Å². The summed E-state index contributed by atoms with van der Waals surface area (Å²) < 4.78 is 39.5. The van der Waals surface area contributed by atoms with Gasteiger partial charge in [0.2, 0.25) is 11.8 Å². The third-order valence-electron chi connectivity index (χ3n) is 12.9. The van der Waals surface area contributed by atoms with E-state index in [0.717, 1.165) is 50.9 Å². The molecule has 0 aliphatic carbocycles. The summed E-state index contributed by atoms with van der Waals surface area (Å²) in [5.74, 6) is 2.72. The number of amides is 2. The van der Waals surface area contributed by atoms with Gasteiger partial charge in [-0.1, -0.05) is 60.7 Å². The van der Waals surface area contributed by atoms with E-state index in [9.17, 15) is 24.3 Å². The lowest BCUT2D eigenvalue weighted by atomic mass is 9.87. The molecule has 2 fully saturated rings. The van der Waals surface area contributed by atoms with E-state index in [1.54, 1.807) is 9.80 Å². The fraction of sp³-hybridized carbons (Fsp3) is 0.424. The Hall–Kier alpha value is -7.62. The van der Waals surface area contributed by atoms with Crippen LogP contribution in [-0.2, 0) is 36.6 Å². The van der Waals surface area contributed by atoms with Gasteiger partial charge in [-0.05, 0) is 127 Å². The van der Waals surface area contributed by atoms with Gasteiger partial charge in [-0.2, -0.15) is 0 Å². The SMILES string of the molecule is COC(=O)C[C@H]1CN(C(=O)OC(C)(C)C)C[C@H]1c1ccc(OCCc2nc(-c3ccccc3)oc2C)cc1.Cc1oc(-c2ccccc2)nc1CCOc1ccc([C@@H]2CN(C(=O)OC(C)(C)C)C[C@@H]2CC(=O)O)cc1. The van der Waals surface area contributed by atoms with Crippen LogP contribution < -0.4 is 9.47 Å². The second-order valence-electron chi connectivity index (χ2n) is 21.0. The number of carboxylic acid groups (broad SMARTS) is 1. The predicted octanol–water partition coefficient (Wildman–Crippen LogP) is 11.5. The van der Waals surface area contributed by atoms with Crippen molar-refractivity contribution in [3.63, 3.8) is 0 Å². The van der Waals surface area contributed by atoms with Crippen molar-refractivity contribution in [3.8, 4) is 34.4 Å². The van der Waals surface area contributed by atoms with Crippen LogP contribution >= 0.6 is 0 Å². The average molecular weight is 1030 g/mol. The average Bonchev–Trinajstić information content (AvgIpc) is 4.17. The quantitative estimate of drug-likeness (QED) is 0.0711. The zero-order valence-electron chi connectivity index (χ0n) is 44.5. The molecule has 16 nitrogen and oxygen atoms in total. The predicted molar refractivity (Wildman–Crippen MR) is 282 cm³/mol. The number of oxazole rings is 2. The molecular formula is C59H70N4O12. The number of hydrogen-bond acceptors (Lipinski definition) is 13. The minimum Gasteiger partial charge on any atom is -0.493 e. The van der Waals surface area contributed by atoms with Crippen molar-refractivity contribution >= 4 is 24.1 Å². The number of nitrogens with zero attached hydrogens (tertiary/aromatic N) is 4. The van der Waals surface area contributed by atoms with Gasteiger partial charge in [0, 0.05) is 62.0 Å². The standard InChI is InChI=1S/C30H36N2O6.C29H34N2O6/c1-20-26(31-28(37-20)22-9-7-6-8-10-22)15-16-36-24-13-11-21(12-14-24)25-19-32(29(34)38-30(2,3)4)18-23(25)17-27(33)35-5;1-19-25(30-27(36-19)21-8-6-5-7-9-21)14-15-35-23-12-10-20(11-13-23)24-18-31(17-22(24)16-26(32)33)28(34)37-29(2,3)4/h6-14,23,25H,15-19H2,1-5H3;5-13,22,24H,14-18H2,1-4H3,(H,32,33)/t23-,25-;22-,24-/m00/s1. The number of hydrogen-bond donors (Lipinski definition) is 1. The molecule has 2 aliphatic heterocycles. The van der Waals surface area contributed by atoms with Crippen LogP contribution in [0, 0.1) is 25.7 Å². The lowest BCUT2D eigenvalue weighted by Crippen LogP contribution is -2.35. The summed E-state index contributed by atoms with van der Waals surface area (Å²) in [6.45, 7) is 17.4. The lowest BCUT2D eigenvalue weighted by molar-refractivity contribution is -0.142. The Morgan fingerprint density at radius 2 is 0.960 bits per heavy atom. The second kappa shape index (κ2) is 24.6. The van der Waals surface area contributed by atoms with E-state index in [1.165, 1.54) is 7.11 Å². The molecule has 4 aromatic carbocycles. The molecule has 2 saturated heterocycles. The second-order valence-corrected chi connectivity index (χ2v) is 21.0. The van der Waals surface area contributed by atoms with Gasteiger partial charge in [-0.25, -0.2) is 19.6 Å². The van der Waals surface area contributed by atoms with Gasteiger partial charge >= 0.3 is 24.1 Å². The Bertz CT molecular complexity index is 2830. The van der Waals surface area contributed by atoms with Gasteiger partial charge in [-0.15, -0.1) is 0 Å². The van der Waals surface area contributed by atoms with Gasteiger partial charge in [0.15, 0.2) is 0 Å². The van der Waals surface area contributed by atoms with Gasteiger partial charge in [0.05, 0.1) is 44.6 Å². The number of aryl methyl sites for hydroxylation is 2. The molecule has 4 atom stereocenters. The summed E-state index contributed by atoms with van der Waals surface area (Å²) >= 11 is 0. The van der Waals surface area contributed by atoms with Crippen molar-refractivity contribution in [1.82, 2.24) is 19.8 Å². The van der Waals surface area contributed by atoms with E-state index in [1.807, 2.05) is 165 Å². The zero-order chi connectivity index (χ0) is 53.9. The Labute approximate surface area is 439 Å². The summed E-state index contributed by atoms with van der Waals surface area (Å²) in [7, 11) is 1.38. The Balaban J connectivity index is 0.000000219. The van der Waals surface area contributed by atoms with E-state index in [0.29, 0.717) is 69.8 Å². The first-order valence-electron chi connectivity index (χ1n) is 25.4. The van der Waals surface area contributed by atoms with E-state index in [4.69, 9.17) is 32.5 Å². The van der Waals surface area contributed by atoms with Crippen molar-refractivity contribution in [2.75, 3.05) is 46.5 Å². The largest absolute Gasteiger partial charge is 0.493 e. The fourth-order valence-corrected chi connectivity index (χ4v) is 9.27. The molecule has 0 spiro atoms. The summed E-state index contributed by atoms with van der Waals surface area (Å²) in [6.07, 6.45) is 0.680. The first-order chi connectivity index (χ1) is 35.7. The highest BCUT2D eigenvalue weighted by Gasteiger charge is 2.40. The molecule has 0 saturated carbocycles. The number of benzene rings is 4. The Morgan fingerprint density at radius 1 is 0.573 bits per heavy atom. The monoisotopic (exact) mass is 1030 g/mol. The highest BCUT2D eigenvalue weighted by Crippen LogP contribution is 2.38. The van der Waals surface area contributed by atoms with Crippen LogP contribution in [0.1, 0.15) is 100 Å². The van der Waals surface area contributed by atoms with E-state index in [2.05, 4.69) is 9.97 Å². The number of rotatable bonds is 16. The minimum atomic E-state index is -0.875. The smallest absolute Gasteiger partial charge is 0.410 e. The van der Waals surface area contributed by atoms with Crippen molar-refractivity contribution < 1.29 is 56.8 Å². The molecule has 2 aromatic heterocycles. The highest BCUT2D eigenvalue weighted by atomic mass is 16.6. The van der Waals surface area contributed by atoms with E-state index < -0.39 is 23.3 Å². The van der Waals surface area contributed by atoms with Crippen LogP contribution in [0.25, 0.3) is 22.9 Å². The molecule has 75 heavy (non-hydrogen) atoms. The first-order valence-corrected chi connectivity index (χ1v) is 25.4. The van der Waals surface area contributed by atoms with Crippen LogP contribution in [0.2, 0.25) is 0 Å². The lowest BCUT2D eigenvalue weighted by Gasteiger charge is -2.24. The molecule has 16 heteroatoms. The van der Waals surface area contributed by atoms with Gasteiger partial charge < -0.3 is 47.4 Å². The zero-order valence-corrected chi connectivity index (χ0v) is 44.5. The van der Waals surface area contributed by atoms with Crippen LogP contribution in [0.5, 0.6) is 11.5 Å². The molecule has 2 amide bonds. The van der Waals surface area contributed by atoms with Crippen molar-refractivity contribution in [3.05, 3.63) is 143 Å². The molecule has 6 aromatic rings. The van der Waals surface area contributed by atoms with Crippen molar-refractivity contribution in [2.24, 2.45) is 11.8 Å². The van der Waals surface area contributed by atoms with Gasteiger partial charge in [0.1, 0.15) is 34.2 Å². The number of likely N-dealkylation sites (tertiary alicyclic amines) is 2. The Morgan fingerprint density at radius 3 is 1.32 bits per heavy atom. The number of carbonyl (C=O) groups is 4. The molecule has 398 valence electrons. The van der Waals surface area contributed by atoms with Crippen LogP contribution in [0.3, 0.4) is 0 Å². The maximum absolute atomic E-state index is 12.7. The first kappa shape index (κ1) is 55.1. The molecule has 4 heterocycles. The van der Waals surface area contributed by atoms with Gasteiger partial charge in [-0.3, -0.25) is 9.59 Å². The maximum Gasteiger partial charge on any atom is 0.410 e. The summed E-state index contributed by atoms with van der Waals surface area (Å²) in [5, 5.41) is 9.40. The molecule has 0 radical (unpaired) electrons. The van der Waals surface area contributed by atoms with Crippen LogP contribution in [0.15, 0.2) is 118 Å². The van der Waals surface area contributed by atoms with Crippen molar-refractivity contribution in [2.45, 2.75) is 104 Å². The normalized spacial score (nSPS) is 17.5. The van der Waals surface area contributed by atoms with Crippen LogP contribution in [-0.4, -0.2) is 107 Å². The number of esters is 1. The molecular weight excluding hydrogens is 957 g/mol. The third-order valence-corrected chi connectivity index (χ3v) is 12.9.